The maximum atomic E-state index is 11.6. The lowest BCUT2D eigenvalue weighted by Gasteiger charge is -2.05. The van der Waals surface area contributed by atoms with Gasteiger partial charge in [-0.15, -0.1) is 0 Å². The first kappa shape index (κ1) is 12.5. The van der Waals surface area contributed by atoms with Gasteiger partial charge in [-0.05, 0) is 49.9 Å². The lowest BCUT2D eigenvalue weighted by molar-refractivity contribution is -0.122. The van der Waals surface area contributed by atoms with Gasteiger partial charge in [0.25, 0.3) is 0 Å². The number of fused-ring (bicyclic) bond motifs is 1. The monoisotopic (exact) mass is 276 g/mol. The Morgan fingerprint density at radius 1 is 1.47 bits per heavy atom. The van der Waals surface area contributed by atoms with Gasteiger partial charge >= 0.3 is 0 Å². The molecule has 19 heavy (non-hydrogen) atoms. The zero-order valence-electron chi connectivity index (χ0n) is 10.9. The Kier molecular flexibility index (Phi) is 3.23. The smallest absolute Gasteiger partial charge is 0.223 e. The summed E-state index contributed by atoms with van der Waals surface area (Å²) in [6.07, 6.45) is 2.94. The molecule has 0 aliphatic heterocycles. The minimum atomic E-state index is 0.204. The first-order chi connectivity index (χ1) is 9.15. The van der Waals surface area contributed by atoms with Crippen molar-refractivity contribution in [2.45, 2.75) is 26.2 Å². The van der Waals surface area contributed by atoms with E-state index in [0.717, 1.165) is 40.9 Å². The SMILES string of the molecule is Cc1[nH]c2ccc(Cl)cc2c1CCNC(=O)C1CC1. The Morgan fingerprint density at radius 2 is 2.26 bits per heavy atom. The van der Waals surface area contributed by atoms with Gasteiger partial charge in [0.05, 0.1) is 0 Å². The van der Waals surface area contributed by atoms with Crippen LogP contribution in [0.4, 0.5) is 0 Å². The van der Waals surface area contributed by atoms with E-state index in [-0.39, 0.29) is 11.8 Å². The molecule has 0 radical (unpaired) electrons. The molecule has 0 spiro atoms. The van der Waals surface area contributed by atoms with Crippen LogP contribution in [0.3, 0.4) is 0 Å². The predicted molar refractivity (Wildman–Crippen MR) is 77.5 cm³/mol. The number of nitrogens with one attached hydrogen (secondary N) is 2. The van der Waals surface area contributed by atoms with Gasteiger partial charge in [-0.2, -0.15) is 0 Å². The van der Waals surface area contributed by atoms with Crippen molar-refractivity contribution in [1.29, 1.82) is 0 Å². The van der Waals surface area contributed by atoms with Gasteiger partial charge in [0, 0.05) is 34.1 Å². The van der Waals surface area contributed by atoms with E-state index in [4.69, 9.17) is 11.6 Å². The maximum absolute atomic E-state index is 11.6. The van der Waals surface area contributed by atoms with E-state index in [1.54, 1.807) is 0 Å². The number of H-pyrrole nitrogens is 1. The van der Waals surface area contributed by atoms with Crippen molar-refractivity contribution < 1.29 is 4.79 Å². The molecular formula is C15H17ClN2O. The molecule has 0 saturated heterocycles. The standard InChI is InChI=1S/C15H17ClN2O/c1-9-12(6-7-17-15(19)10-2-3-10)13-8-11(16)4-5-14(13)18-9/h4-5,8,10,18H,2-3,6-7H2,1H3,(H,17,19). The van der Waals surface area contributed by atoms with Gasteiger partial charge in [0.15, 0.2) is 0 Å². The van der Waals surface area contributed by atoms with E-state index < -0.39 is 0 Å². The molecule has 0 bridgehead atoms. The minimum Gasteiger partial charge on any atom is -0.358 e. The molecule has 1 aliphatic carbocycles. The lowest BCUT2D eigenvalue weighted by atomic mass is 10.1. The largest absolute Gasteiger partial charge is 0.358 e. The number of carbonyl (C=O) groups excluding carboxylic acids is 1. The van der Waals surface area contributed by atoms with Crippen LogP contribution in [0.2, 0.25) is 5.02 Å². The first-order valence-electron chi connectivity index (χ1n) is 6.69. The van der Waals surface area contributed by atoms with Crippen molar-refractivity contribution in [3.05, 3.63) is 34.5 Å². The molecule has 1 heterocycles. The minimum absolute atomic E-state index is 0.204. The van der Waals surface area contributed by atoms with Gasteiger partial charge in [0.2, 0.25) is 5.91 Å². The molecule has 1 aromatic carbocycles. The zero-order chi connectivity index (χ0) is 13.4. The highest BCUT2D eigenvalue weighted by atomic mass is 35.5. The summed E-state index contributed by atoms with van der Waals surface area (Å²) in [4.78, 5) is 15.0. The molecule has 1 saturated carbocycles. The average molecular weight is 277 g/mol. The van der Waals surface area contributed by atoms with E-state index in [2.05, 4.69) is 17.2 Å². The van der Waals surface area contributed by atoms with Crippen LogP contribution in [-0.2, 0) is 11.2 Å². The third-order valence-electron chi connectivity index (χ3n) is 3.70. The van der Waals surface area contributed by atoms with E-state index in [1.165, 1.54) is 5.56 Å². The van der Waals surface area contributed by atoms with Crippen LogP contribution in [0.15, 0.2) is 18.2 Å². The van der Waals surface area contributed by atoms with Crippen molar-refractivity contribution in [3.8, 4) is 0 Å². The molecular weight excluding hydrogens is 260 g/mol. The Hall–Kier alpha value is -1.48. The fourth-order valence-electron chi connectivity index (χ4n) is 2.48. The Bertz CT molecular complexity index is 628. The Balaban J connectivity index is 1.74. The van der Waals surface area contributed by atoms with Crippen LogP contribution in [0.25, 0.3) is 10.9 Å². The zero-order valence-corrected chi connectivity index (χ0v) is 11.7. The molecule has 0 unspecified atom stereocenters. The average Bonchev–Trinajstić information content (AvgIpc) is 3.17. The molecule has 1 aromatic heterocycles. The summed E-state index contributed by atoms with van der Waals surface area (Å²) in [5.41, 5.74) is 3.50. The first-order valence-corrected chi connectivity index (χ1v) is 7.07. The summed E-state index contributed by atoms with van der Waals surface area (Å²) in [5.74, 6) is 0.481. The van der Waals surface area contributed by atoms with Crippen molar-refractivity contribution in [2.24, 2.45) is 5.92 Å². The van der Waals surface area contributed by atoms with Crippen LogP contribution >= 0.6 is 11.6 Å². The van der Waals surface area contributed by atoms with Gasteiger partial charge in [-0.25, -0.2) is 0 Å². The number of aryl methyl sites for hydroxylation is 1. The molecule has 2 N–H and O–H groups in total. The maximum Gasteiger partial charge on any atom is 0.223 e. The second-order valence-corrected chi connectivity index (χ2v) is 5.67. The number of rotatable bonds is 4. The van der Waals surface area contributed by atoms with Crippen molar-refractivity contribution in [3.63, 3.8) is 0 Å². The number of aromatic nitrogens is 1. The number of aromatic amines is 1. The lowest BCUT2D eigenvalue weighted by Crippen LogP contribution is -2.27. The molecule has 3 rings (SSSR count). The molecule has 4 heteroatoms. The summed E-state index contributed by atoms with van der Waals surface area (Å²) in [6, 6.07) is 5.87. The molecule has 1 fully saturated rings. The van der Waals surface area contributed by atoms with E-state index in [9.17, 15) is 4.79 Å². The van der Waals surface area contributed by atoms with Gasteiger partial charge in [0.1, 0.15) is 0 Å². The number of amides is 1. The topological polar surface area (TPSA) is 44.9 Å². The van der Waals surface area contributed by atoms with E-state index >= 15 is 0 Å². The highest BCUT2D eigenvalue weighted by molar-refractivity contribution is 6.31. The molecule has 0 atom stereocenters. The highest BCUT2D eigenvalue weighted by Crippen LogP contribution is 2.29. The summed E-state index contributed by atoms with van der Waals surface area (Å²) in [6.45, 7) is 2.75. The van der Waals surface area contributed by atoms with Gasteiger partial charge in [-0.1, -0.05) is 11.6 Å². The summed E-state index contributed by atoms with van der Waals surface area (Å²) in [7, 11) is 0. The number of halogens is 1. The van der Waals surface area contributed by atoms with Crippen LogP contribution in [0, 0.1) is 12.8 Å². The number of hydrogen-bond donors (Lipinski definition) is 2. The molecule has 100 valence electrons. The van der Waals surface area contributed by atoms with Crippen molar-refractivity contribution in [1.82, 2.24) is 10.3 Å². The Morgan fingerprint density at radius 3 is 3.00 bits per heavy atom. The van der Waals surface area contributed by atoms with Crippen LogP contribution in [-0.4, -0.2) is 17.4 Å². The van der Waals surface area contributed by atoms with Gasteiger partial charge < -0.3 is 10.3 Å². The van der Waals surface area contributed by atoms with Crippen LogP contribution < -0.4 is 5.32 Å². The van der Waals surface area contributed by atoms with E-state index in [1.807, 2.05) is 18.2 Å². The van der Waals surface area contributed by atoms with Crippen LogP contribution in [0.1, 0.15) is 24.1 Å². The Labute approximate surface area is 117 Å². The molecule has 1 aliphatic rings. The predicted octanol–water partition coefficient (Wildman–Crippen LogP) is 3.20. The fourth-order valence-corrected chi connectivity index (χ4v) is 2.65. The number of benzene rings is 1. The second-order valence-electron chi connectivity index (χ2n) is 5.23. The quantitative estimate of drug-likeness (QED) is 0.885. The summed E-state index contributed by atoms with van der Waals surface area (Å²) in [5, 5.41) is 4.91. The fraction of sp³-hybridized carbons (Fsp3) is 0.400. The third kappa shape index (κ3) is 2.61. The number of carbonyl (C=O) groups is 1. The number of hydrogen-bond acceptors (Lipinski definition) is 1. The highest BCUT2D eigenvalue weighted by Gasteiger charge is 2.29. The van der Waals surface area contributed by atoms with Crippen molar-refractivity contribution in [2.75, 3.05) is 6.54 Å². The second kappa shape index (κ2) is 4.89. The van der Waals surface area contributed by atoms with Crippen molar-refractivity contribution >= 4 is 28.4 Å². The van der Waals surface area contributed by atoms with Crippen LogP contribution in [0.5, 0.6) is 0 Å². The summed E-state index contributed by atoms with van der Waals surface area (Å²) < 4.78 is 0. The molecule has 1 amide bonds. The normalized spacial score (nSPS) is 14.8. The summed E-state index contributed by atoms with van der Waals surface area (Å²) >= 11 is 6.05. The third-order valence-corrected chi connectivity index (χ3v) is 3.94. The van der Waals surface area contributed by atoms with Gasteiger partial charge in [-0.3, -0.25) is 4.79 Å². The molecule has 2 aromatic rings. The van der Waals surface area contributed by atoms with E-state index in [0.29, 0.717) is 6.54 Å². The molecule has 3 nitrogen and oxygen atoms in total.